The molecule has 1 N–H and O–H groups in total. The summed E-state index contributed by atoms with van der Waals surface area (Å²) in [5.41, 5.74) is 1.32. The average molecular weight is 330 g/mol. The second-order valence-electron chi connectivity index (χ2n) is 4.71. The summed E-state index contributed by atoms with van der Waals surface area (Å²) in [6.45, 7) is 2.61. The Morgan fingerprint density at radius 1 is 1.10 bits per heavy atom. The van der Waals surface area contributed by atoms with Gasteiger partial charge in [-0.1, -0.05) is 48.3 Å². The lowest BCUT2D eigenvalue weighted by atomic mass is 9.98. The van der Waals surface area contributed by atoms with Crippen molar-refractivity contribution in [3.63, 3.8) is 0 Å². The van der Waals surface area contributed by atoms with Crippen molar-refractivity contribution in [1.82, 2.24) is 5.32 Å². The Labute approximate surface area is 132 Å². The van der Waals surface area contributed by atoms with Crippen molar-refractivity contribution >= 4 is 23.2 Å². The van der Waals surface area contributed by atoms with E-state index in [9.17, 15) is 8.78 Å². The molecular weight excluding hydrogens is 315 g/mol. The maximum Gasteiger partial charge on any atom is 0.146 e. The van der Waals surface area contributed by atoms with E-state index < -0.39 is 11.6 Å². The average Bonchev–Trinajstić information content (AvgIpc) is 2.45. The lowest BCUT2D eigenvalue weighted by Crippen LogP contribution is -2.24. The Bertz CT molecular complexity index is 632. The number of rotatable bonds is 5. The van der Waals surface area contributed by atoms with Crippen LogP contribution in [0.2, 0.25) is 10.0 Å². The van der Waals surface area contributed by atoms with Gasteiger partial charge >= 0.3 is 0 Å². The van der Waals surface area contributed by atoms with Crippen LogP contribution in [0.15, 0.2) is 36.4 Å². The van der Waals surface area contributed by atoms with E-state index in [0.29, 0.717) is 18.5 Å². The van der Waals surface area contributed by atoms with Gasteiger partial charge in [-0.05, 0) is 36.7 Å². The maximum atomic E-state index is 14.2. The molecule has 2 rings (SSSR count). The van der Waals surface area contributed by atoms with E-state index in [1.165, 1.54) is 12.1 Å². The molecule has 0 aliphatic rings. The van der Waals surface area contributed by atoms with Crippen LogP contribution < -0.4 is 5.32 Å². The Morgan fingerprint density at radius 3 is 2.52 bits per heavy atom. The van der Waals surface area contributed by atoms with Gasteiger partial charge in [0.1, 0.15) is 11.6 Å². The highest BCUT2D eigenvalue weighted by Crippen LogP contribution is 2.27. The number of likely N-dealkylation sites (N-methyl/N-ethyl adjacent to an activating group) is 1. The smallest absolute Gasteiger partial charge is 0.146 e. The summed E-state index contributed by atoms with van der Waals surface area (Å²) in [7, 11) is 0. The van der Waals surface area contributed by atoms with Crippen LogP contribution in [-0.2, 0) is 6.42 Å². The molecule has 1 nitrogen and oxygen atoms in total. The molecule has 0 bridgehead atoms. The van der Waals surface area contributed by atoms with E-state index in [1.54, 1.807) is 24.3 Å². The SMILES string of the molecule is CCNC(Cc1ccc(F)c(Cl)c1)c1cccc(Cl)c1F. The third-order valence-corrected chi connectivity index (χ3v) is 3.81. The molecule has 21 heavy (non-hydrogen) atoms. The van der Waals surface area contributed by atoms with Gasteiger partial charge in [0.2, 0.25) is 0 Å². The molecule has 0 aliphatic carbocycles. The summed E-state index contributed by atoms with van der Waals surface area (Å²) in [4.78, 5) is 0. The van der Waals surface area contributed by atoms with Gasteiger partial charge in [-0.3, -0.25) is 0 Å². The van der Waals surface area contributed by atoms with Crippen molar-refractivity contribution in [3.8, 4) is 0 Å². The van der Waals surface area contributed by atoms with E-state index in [1.807, 2.05) is 6.92 Å². The number of nitrogens with one attached hydrogen (secondary N) is 1. The molecular formula is C16H15Cl2F2N. The molecule has 2 aromatic carbocycles. The van der Waals surface area contributed by atoms with Gasteiger partial charge in [-0.2, -0.15) is 0 Å². The number of halogens is 4. The second kappa shape index (κ2) is 7.21. The summed E-state index contributed by atoms with van der Waals surface area (Å²) in [5, 5.41) is 3.37. The van der Waals surface area contributed by atoms with E-state index in [2.05, 4.69) is 5.32 Å². The van der Waals surface area contributed by atoms with Crippen molar-refractivity contribution < 1.29 is 8.78 Å². The molecule has 0 heterocycles. The van der Waals surface area contributed by atoms with Crippen molar-refractivity contribution in [2.75, 3.05) is 6.54 Å². The van der Waals surface area contributed by atoms with Crippen LogP contribution in [0.25, 0.3) is 0 Å². The van der Waals surface area contributed by atoms with Gasteiger partial charge in [-0.15, -0.1) is 0 Å². The topological polar surface area (TPSA) is 12.0 Å². The zero-order chi connectivity index (χ0) is 15.4. The Hall–Kier alpha value is -1.16. The van der Waals surface area contributed by atoms with Crippen molar-refractivity contribution in [2.24, 2.45) is 0 Å². The molecule has 0 amide bonds. The minimum absolute atomic E-state index is 0.0642. The first-order valence-electron chi connectivity index (χ1n) is 6.64. The van der Waals surface area contributed by atoms with E-state index >= 15 is 0 Å². The highest BCUT2D eigenvalue weighted by molar-refractivity contribution is 6.31. The predicted molar refractivity (Wildman–Crippen MR) is 82.9 cm³/mol. The van der Waals surface area contributed by atoms with Crippen LogP contribution in [0.5, 0.6) is 0 Å². The fraction of sp³-hybridized carbons (Fsp3) is 0.250. The van der Waals surface area contributed by atoms with E-state index in [-0.39, 0.29) is 16.1 Å². The van der Waals surface area contributed by atoms with Crippen LogP contribution in [0.1, 0.15) is 24.1 Å². The summed E-state index contributed by atoms with van der Waals surface area (Å²) >= 11 is 11.6. The maximum absolute atomic E-state index is 14.2. The summed E-state index contributed by atoms with van der Waals surface area (Å²) in [5.74, 6) is -0.896. The molecule has 0 aromatic heterocycles. The second-order valence-corrected chi connectivity index (χ2v) is 5.52. The van der Waals surface area contributed by atoms with Crippen LogP contribution in [0, 0.1) is 11.6 Å². The summed E-state index contributed by atoms with van der Waals surface area (Å²) in [6, 6.07) is 9.18. The molecule has 1 unspecified atom stereocenters. The number of hydrogen-bond acceptors (Lipinski definition) is 1. The fourth-order valence-corrected chi connectivity index (χ4v) is 2.62. The Kier molecular flexibility index (Phi) is 5.57. The molecule has 112 valence electrons. The molecule has 0 radical (unpaired) electrons. The van der Waals surface area contributed by atoms with Crippen molar-refractivity contribution in [1.29, 1.82) is 0 Å². The first kappa shape index (κ1) is 16.2. The third kappa shape index (κ3) is 3.94. The Morgan fingerprint density at radius 2 is 1.86 bits per heavy atom. The molecule has 0 aliphatic heterocycles. The molecule has 1 atom stereocenters. The van der Waals surface area contributed by atoms with Crippen LogP contribution in [0.4, 0.5) is 8.78 Å². The molecule has 0 fully saturated rings. The van der Waals surface area contributed by atoms with E-state index in [0.717, 1.165) is 5.56 Å². The van der Waals surface area contributed by atoms with Gasteiger partial charge in [0, 0.05) is 11.6 Å². The van der Waals surface area contributed by atoms with Crippen molar-refractivity contribution in [2.45, 2.75) is 19.4 Å². The normalized spacial score (nSPS) is 12.4. The molecule has 2 aromatic rings. The molecule has 5 heteroatoms. The minimum atomic E-state index is -0.464. The van der Waals surface area contributed by atoms with Crippen LogP contribution >= 0.6 is 23.2 Å². The monoisotopic (exact) mass is 329 g/mol. The first-order chi connectivity index (χ1) is 10.0. The zero-order valence-electron chi connectivity index (χ0n) is 11.5. The van der Waals surface area contributed by atoms with Gasteiger partial charge < -0.3 is 5.32 Å². The number of hydrogen-bond donors (Lipinski definition) is 1. The van der Waals surface area contributed by atoms with Crippen LogP contribution in [-0.4, -0.2) is 6.54 Å². The van der Waals surface area contributed by atoms with Gasteiger partial charge in [0.25, 0.3) is 0 Å². The quantitative estimate of drug-likeness (QED) is 0.798. The standard InChI is InChI=1S/C16H15Cl2F2N/c1-2-21-15(11-4-3-5-12(17)16(11)20)9-10-6-7-14(19)13(18)8-10/h3-8,15,21H,2,9H2,1H3. The van der Waals surface area contributed by atoms with E-state index in [4.69, 9.17) is 23.2 Å². The minimum Gasteiger partial charge on any atom is -0.310 e. The predicted octanol–water partition coefficient (Wildman–Crippen LogP) is 5.16. The molecule has 0 spiro atoms. The van der Waals surface area contributed by atoms with Gasteiger partial charge in [0.15, 0.2) is 0 Å². The van der Waals surface area contributed by atoms with Gasteiger partial charge in [0.05, 0.1) is 10.0 Å². The fourth-order valence-electron chi connectivity index (χ4n) is 2.23. The highest BCUT2D eigenvalue weighted by Gasteiger charge is 2.17. The number of benzene rings is 2. The molecule has 0 saturated carbocycles. The zero-order valence-corrected chi connectivity index (χ0v) is 13.0. The summed E-state index contributed by atoms with van der Waals surface area (Å²) < 4.78 is 27.4. The van der Waals surface area contributed by atoms with Gasteiger partial charge in [-0.25, -0.2) is 8.78 Å². The lowest BCUT2D eigenvalue weighted by Gasteiger charge is -2.19. The largest absolute Gasteiger partial charge is 0.310 e. The third-order valence-electron chi connectivity index (χ3n) is 3.23. The molecule has 0 saturated heterocycles. The first-order valence-corrected chi connectivity index (χ1v) is 7.39. The highest BCUT2D eigenvalue weighted by atomic mass is 35.5. The summed E-state index contributed by atoms with van der Waals surface area (Å²) in [6.07, 6.45) is 0.491. The van der Waals surface area contributed by atoms with Crippen molar-refractivity contribution in [3.05, 3.63) is 69.2 Å². The Balaban J connectivity index is 2.30. The van der Waals surface area contributed by atoms with Crippen LogP contribution in [0.3, 0.4) is 0 Å². The lowest BCUT2D eigenvalue weighted by molar-refractivity contribution is 0.510.